The van der Waals surface area contributed by atoms with Gasteiger partial charge < -0.3 is 10.6 Å². The predicted octanol–water partition coefficient (Wildman–Crippen LogP) is 5.01. The van der Waals surface area contributed by atoms with E-state index in [0.29, 0.717) is 23.0 Å². The second kappa shape index (κ2) is 11.5. The lowest BCUT2D eigenvalue weighted by Crippen LogP contribution is -2.48. The summed E-state index contributed by atoms with van der Waals surface area (Å²) in [7, 11) is 4.27. The van der Waals surface area contributed by atoms with Crippen molar-refractivity contribution in [2.75, 3.05) is 20.6 Å². The molecule has 1 aliphatic carbocycles. The molecule has 174 valence electrons. The van der Waals surface area contributed by atoms with Crippen molar-refractivity contribution in [3.63, 3.8) is 0 Å². The van der Waals surface area contributed by atoms with Crippen LogP contribution in [0.2, 0.25) is 10.0 Å². The number of rotatable bonds is 9. The van der Waals surface area contributed by atoms with Crippen LogP contribution in [0.25, 0.3) is 0 Å². The lowest BCUT2D eigenvalue weighted by molar-refractivity contribution is -0.127. The van der Waals surface area contributed by atoms with Crippen LogP contribution < -0.4 is 10.6 Å². The minimum Gasteiger partial charge on any atom is -0.356 e. The van der Waals surface area contributed by atoms with Crippen LogP contribution in [0, 0.1) is 0 Å². The summed E-state index contributed by atoms with van der Waals surface area (Å²) in [4.78, 5) is 28.2. The number of hydrogen-bond acceptors (Lipinski definition) is 4. The van der Waals surface area contributed by atoms with Gasteiger partial charge in [-0.05, 0) is 75.3 Å². The van der Waals surface area contributed by atoms with E-state index in [1.54, 1.807) is 29.5 Å². The molecule has 32 heavy (non-hydrogen) atoms. The van der Waals surface area contributed by atoms with Crippen molar-refractivity contribution < 1.29 is 9.59 Å². The maximum atomic E-state index is 12.4. The van der Waals surface area contributed by atoms with E-state index in [0.717, 1.165) is 31.2 Å². The Bertz CT molecular complexity index is 890. The van der Waals surface area contributed by atoms with E-state index in [1.807, 2.05) is 0 Å². The topological polar surface area (TPSA) is 61.4 Å². The second-order valence-corrected chi connectivity index (χ2v) is 10.3. The van der Waals surface area contributed by atoms with Gasteiger partial charge in [0.1, 0.15) is 0 Å². The molecular weight excluding hydrogens is 465 g/mol. The van der Waals surface area contributed by atoms with Crippen LogP contribution in [0.3, 0.4) is 0 Å². The van der Waals surface area contributed by atoms with Crippen molar-refractivity contribution >= 4 is 46.4 Å². The van der Waals surface area contributed by atoms with Gasteiger partial charge in [0.15, 0.2) is 0 Å². The first kappa shape index (κ1) is 25.0. The summed E-state index contributed by atoms with van der Waals surface area (Å²) in [5, 5.41) is 9.28. The Morgan fingerprint density at radius 1 is 1.06 bits per heavy atom. The average molecular weight is 497 g/mol. The molecule has 0 unspecified atom stereocenters. The fourth-order valence-corrected chi connectivity index (χ4v) is 6.06. The zero-order chi connectivity index (χ0) is 23.1. The molecule has 5 nitrogen and oxygen atoms in total. The number of amides is 2. The largest absolute Gasteiger partial charge is 0.356 e. The van der Waals surface area contributed by atoms with Gasteiger partial charge in [0.2, 0.25) is 11.8 Å². The Hall–Kier alpha value is -1.60. The third-order valence-electron chi connectivity index (χ3n) is 6.35. The van der Waals surface area contributed by atoms with Crippen LogP contribution in [-0.2, 0) is 21.5 Å². The van der Waals surface area contributed by atoms with Crippen LogP contribution in [0.5, 0.6) is 0 Å². The summed E-state index contributed by atoms with van der Waals surface area (Å²) in [6, 6.07) is 9.84. The first-order valence-corrected chi connectivity index (χ1v) is 12.7. The van der Waals surface area contributed by atoms with Crippen molar-refractivity contribution in [1.82, 2.24) is 15.5 Å². The van der Waals surface area contributed by atoms with Gasteiger partial charge in [-0.2, -0.15) is 0 Å². The van der Waals surface area contributed by atoms with Crippen molar-refractivity contribution in [2.45, 2.75) is 56.5 Å². The van der Waals surface area contributed by atoms with Crippen LogP contribution >= 0.6 is 34.5 Å². The molecule has 0 spiro atoms. The molecule has 8 heteroatoms. The molecule has 2 N–H and O–H groups in total. The predicted molar refractivity (Wildman–Crippen MR) is 132 cm³/mol. The van der Waals surface area contributed by atoms with Crippen molar-refractivity contribution in [3.05, 3.63) is 56.2 Å². The smallest absolute Gasteiger partial charge is 0.220 e. The summed E-state index contributed by atoms with van der Waals surface area (Å²) in [5.41, 5.74) is 0.877. The van der Waals surface area contributed by atoms with Crippen molar-refractivity contribution in [1.29, 1.82) is 0 Å². The third kappa shape index (κ3) is 6.25. The van der Waals surface area contributed by atoms with Crippen LogP contribution in [0.1, 0.15) is 49.0 Å². The summed E-state index contributed by atoms with van der Waals surface area (Å²) in [6.07, 6.45) is 4.81. The lowest BCUT2D eigenvalue weighted by atomic mass is 9.77. The number of thiophene rings is 1. The van der Waals surface area contributed by atoms with E-state index in [-0.39, 0.29) is 36.2 Å². The highest BCUT2D eigenvalue weighted by Gasteiger charge is 2.39. The first-order valence-electron chi connectivity index (χ1n) is 11.0. The summed E-state index contributed by atoms with van der Waals surface area (Å²) >= 11 is 14.1. The maximum absolute atomic E-state index is 12.4. The molecule has 1 heterocycles. The molecule has 0 atom stereocenters. The normalized spacial score (nSPS) is 20.8. The van der Waals surface area contributed by atoms with E-state index in [1.165, 1.54) is 4.88 Å². The minimum atomic E-state index is -0.142. The number of carbonyl (C=O) groups is 2. The zero-order valence-electron chi connectivity index (χ0n) is 18.6. The van der Waals surface area contributed by atoms with E-state index < -0.39 is 0 Å². The van der Waals surface area contributed by atoms with Gasteiger partial charge in [-0.3, -0.25) is 14.5 Å². The molecule has 2 amide bonds. The van der Waals surface area contributed by atoms with Gasteiger partial charge in [-0.15, -0.1) is 11.3 Å². The van der Waals surface area contributed by atoms with Gasteiger partial charge >= 0.3 is 0 Å². The van der Waals surface area contributed by atoms with E-state index in [4.69, 9.17) is 23.2 Å². The molecule has 2 aromatic rings. The number of nitrogens with zero attached hydrogens (tertiary/aromatic N) is 1. The Morgan fingerprint density at radius 2 is 1.72 bits per heavy atom. The quantitative estimate of drug-likeness (QED) is 0.513. The zero-order valence-corrected chi connectivity index (χ0v) is 21.0. The first-order chi connectivity index (χ1) is 15.3. The lowest BCUT2D eigenvalue weighted by Gasteiger charge is -2.44. The number of carbonyl (C=O) groups excluding carboxylic acids is 2. The average Bonchev–Trinajstić information content (AvgIpc) is 3.30. The highest BCUT2D eigenvalue weighted by atomic mass is 35.5. The van der Waals surface area contributed by atoms with Gasteiger partial charge in [-0.1, -0.05) is 35.3 Å². The van der Waals surface area contributed by atoms with Crippen molar-refractivity contribution in [3.8, 4) is 0 Å². The Balaban J connectivity index is 1.38. The van der Waals surface area contributed by atoms with E-state index in [2.05, 4.69) is 47.1 Å². The molecule has 0 bridgehead atoms. The summed E-state index contributed by atoms with van der Waals surface area (Å²) < 4.78 is 0. The molecule has 1 aromatic carbocycles. The number of hydrogen-bond donors (Lipinski definition) is 2. The maximum Gasteiger partial charge on any atom is 0.220 e. The molecule has 1 saturated carbocycles. The van der Waals surface area contributed by atoms with Crippen LogP contribution in [0.15, 0.2) is 35.7 Å². The molecule has 0 radical (unpaired) electrons. The fraction of sp³-hybridized carbons (Fsp3) is 0.500. The standard InChI is InChI=1S/C24H31Cl2N3O2S/c1-29(2)24(21-7-4-16-32-21)13-10-17(11-14-24)28-23(31)9-8-22(30)27-15-12-18-19(25)5-3-6-20(18)26/h3-7,16-17H,8-15H2,1-2H3,(H,27,30)(H,28,31). The summed E-state index contributed by atoms with van der Waals surface area (Å²) in [5.74, 6) is -0.205. The highest BCUT2D eigenvalue weighted by Crippen LogP contribution is 2.43. The van der Waals surface area contributed by atoms with Gasteiger partial charge in [0.25, 0.3) is 0 Å². The van der Waals surface area contributed by atoms with Gasteiger partial charge in [-0.25, -0.2) is 0 Å². The SMILES string of the molecule is CN(C)C1(c2cccs2)CCC(NC(=O)CCC(=O)NCCc2c(Cl)cccc2Cl)CC1. The molecule has 3 rings (SSSR count). The number of benzene rings is 1. The summed E-state index contributed by atoms with van der Waals surface area (Å²) in [6.45, 7) is 0.432. The monoisotopic (exact) mass is 495 g/mol. The molecule has 0 aliphatic heterocycles. The third-order valence-corrected chi connectivity index (χ3v) is 8.12. The number of nitrogens with one attached hydrogen (secondary N) is 2. The molecule has 1 fully saturated rings. The van der Waals surface area contributed by atoms with E-state index >= 15 is 0 Å². The Labute approximate surface area is 204 Å². The van der Waals surface area contributed by atoms with Crippen LogP contribution in [0.4, 0.5) is 0 Å². The van der Waals surface area contributed by atoms with Crippen LogP contribution in [-0.4, -0.2) is 43.4 Å². The molecule has 1 aromatic heterocycles. The fourth-order valence-electron chi connectivity index (χ4n) is 4.41. The minimum absolute atomic E-state index is 0.0554. The van der Waals surface area contributed by atoms with Crippen molar-refractivity contribution in [2.24, 2.45) is 0 Å². The second-order valence-electron chi connectivity index (χ2n) is 8.55. The van der Waals surface area contributed by atoms with Gasteiger partial charge in [0, 0.05) is 40.4 Å². The number of halogens is 2. The Morgan fingerprint density at radius 3 is 2.31 bits per heavy atom. The Kier molecular flexibility index (Phi) is 9.00. The van der Waals surface area contributed by atoms with E-state index in [9.17, 15) is 9.59 Å². The molecule has 1 aliphatic rings. The highest BCUT2D eigenvalue weighted by molar-refractivity contribution is 7.10. The van der Waals surface area contributed by atoms with Gasteiger partial charge in [0.05, 0.1) is 5.54 Å². The molecule has 0 saturated heterocycles. The molecular formula is C24H31Cl2N3O2S.